The van der Waals surface area contributed by atoms with Crippen molar-refractivity contribution in [1.29, 1.82) is 0 Å². The van der Waals surface area contributed by atoms with Crippen LogP contribution in [0.2, 0.25) is 0 Å². The van der Waals surface area contributed by atoms with E-state index in [2.05, 4.69) is 450 Å². The van der Waals surface area contributed by atoms with Gasteiger partial charge in [0, 0.05) is 203 Å². The third kappa shape index (κ3) is 33.8. The summed E-state index contributed by atoms with van der Waals surface area (Å²) in [6.07, 6.45) is 16.1. The van der Waals surface area contributed by atoms with Crippen molar-refractivity contribution >= 4 is 0 Å². The smallest absolute Gasteiger partial charge is 0.0790 e. The van der Waals surface area contributed by atoms with Crippen molar-refractivity contribution in [3.8, 4) is 0 Å². The summed E-state index contributed by atoms with van der Waals surface area (Å²) in [5.41, 5.74) is 4.89. The van der Waals surface area contributed by atoms with E-state index in [1.807, 2.05) is 0 Å². The zero-order chi connectivity index (χ0) is 103. The highest BCUT2D eigenvalue weighted by molar-refractivity contribution is 5.04. The number of hydrogen-bond acceptors (Lipinski definition) is 24. The molecule has 0 N–H and O–H groups in total. The third-order valence-corrected chi connectivity index (χ3v) is 34.4. The molecule has 16 aliphatic rings. The first-order chi connectivity index (χ1) is 61.9. The molecule has 16 aliphatic heterocycles. The molecule has 24 nitrogen and oxygen atoms in total. The molecule has 0 spiro atoms. The Labute approximate surface area is 851 Å². The number of hydrogen-bond donors (Lipinski definition) is 0. The van der Waals surface area contributed by atoms with Gasteiger partial charge in [0.2, 0.25) is 0 Å². The number of fused-ring (bicyclic) bond motifs is 8. The maximum absolute atomic E-state index is 2.72. The van der Waals surface area contributed by atoms with E-state index < -0.39 is 0 Å². The molecule has 0 aromatic rings. The van der Waals surface area contributed by atoms with E-state index >= 15 is 0 Å². The van der Waals surface area contributed by atoms with Crippen molar-refractivity contribution in [2.45, 2.75) is 540 Å². The summed E-state index contributed by atoms with van der Waals surface area (Å²) in [5.74, 6) is 0. The second kappa shape index (κ2) is 45.1. The Morgan fingerprint density at radius 2 is 0.285 bits per heavy atom. The first kappa shape index (κ1) is 120. The zero-order valence-corrected chi connectivity index (χ0v) is 100. The monoisotopic (exact) mass is 1930 g/mol. The van der Waals surface area contributed by atoms with Crippen molar-refractivity contribution in [1.82, 2.24) is 118 Å². The number of rotatable bonds is 0. The average Bonchev–Trinajstić information content (AvgIpc) is 0.989. The topological polar surface area (TPSA) is 77.8 Å². The standard InChI is InChI=1S/2C16H33N3.C15H31N3.2C14H29N3.2C13H27N3.C12H25N3/c2*1-15(2,3)18-10-7-8-14-9-11-19(16(4,5)6)13-17(14)12-18;1-14(2,3)17-9-7-13-8-10-18(15(4,5)6)12-16(13)11-17;2*1-13(2,3)16-8-7-12-9-17(14(4,5)6)11-15(12)10-16;1-12(2,3)15-7-11-8-16(13(4,5)6)10-14(11)9-15;1-12(2,3)15-8-7-11-14(9-15)10-16(11)13(4,5)6;1-11(2,3)14-7-10-13(8-14)9-15(10)12(4,5)6/h2*14H,7-13H2,1-6H3;13H,7-12H2,1-6H3;2*12H,7-11H2,1-6H3;2*11H,7-10H2,1-6H3;10H,7-9H2,1-6H3. The first-order valence-corrected chi connectivity index (χ1v) is 55.9. The van der Waals surface area contributed by atoms with Crippen molar-refractivity contribution in [2.24, 2.45) is 0 Å². The Morgan fingerprint density at radius 1 is 0.124 bits per heavy atom. The van der Waals surface area contributed by atoms with Crippen LogP contribution in [0.5, 0.6) is 0 Å². The SMILES string of the molecule is CC(C)(C)N1CC2CN(C(C)(C)C)CN2C1.CC(C)(C)N1CC2N(C1)CN2C(C)(C)C.CC(C)(C)N1CCC2CCN(C(C)(C)C)CN2C1.CC(C)(C)N1CCC2CN(C(C)(C)C)CN2C1.CC(C)(C)N1CCC2CN(C(C)(C)C)CN2C1.CC(C)(C)N1CCC2N(C1)CN2C(C)(C)C.CC(C)(C)N1CCCC2CCN(C(C)(C)C)CN2C1.CC(C)(C)N1CCCC2CCN(C(C)(C)C)CN2C1. The molecule has 0 aromatic heterocycles. The molecule has 16 heterocycles. The molecular weight excluding hydrogens is 1690 g/mol. The fourth-order valence-corrected chi connectivity index (χ4v) is 23.1. The Morgan fingerprint density at radius 3 is 0.511 bits per heavy atom. The van der Waals surface area contributed by atoms with Crippen LogP contribution in [0.15, 0.2) is 0 Å². The second-order valence-corrected chi connectivity index (χ2v) is 61.3. The summed E-state index contributed by atoms with van der Waals surface area (Å²) in [6.45, 7) is 147. The Kier molecular flexibility index (Phi) is 39.3. The molecule has 6 atom stereocenters. The highest BCUT2D eigenvalue weighted by atomic mass is 15.6. The van der Waals surface area contributed by atoms with Gasteiger partial charge in [-0.2, -0.15) is 0 Å². The minimum absolute atomic E-state index is 0.291. The van der Waals surface area contributed by atoms with Crippen LogP contribution in [0.25, 0.3) is 0 Å². The van der Waals surface area contributed by atoms with Gasteiger partial charge >= 0.3 is 0 Å². The maximum atomic E-state index is 2.72. The first-order valence-electron chi connectivity index (χ1n) is 55.9. The van der Waals surface area contributed by atoms with Gasteiger partial charge in [0.25, 0.3) is 0 Å². The fourth-order valence-electron chi connectivity index (χ4n) is 23.1. The van der Waals surface area contributed by atoms with E-state index in [0.29, 0.717) is 101 Å². The summed E-state index contributed by atoms with van der Waals surface area (Å²) in [4.78, 5) is 63.0. The lowest BCUT2D eigenvalue weighted by molar-refractivity contribution is -0.205. The summed E-state index contributed by atoms with van der Waals surface area (Å²) in [7, 11) is 0. The van der Waals surface area contributed by atoms with Gasteiger partial charge in [0.05, 0.1) is 119 Å². The average molecular weight is 1930 g/mol. The fraction of sp³-hybridized carbons (Fsp3) is 1.00. The van der Waals surface area contributed by atoms with Crippen molar-refractivity contribution in [2.75, 3.05) is 198 Å². The van der Waals surface area contributed by atoms with Crippen molar-refractivity contribution in [3.05, 3.63) is 0 Å². The minimum atomic E-state index is 0.291. The van der Waals surface area contributed by atoms with Crippen LogP contribution in [0, 0.1) is 0 Å². The van der Waals surface area contributed by atoms with Crippen LogP contribution in [0.1, 0.15) is 403 Å². The van der Waals surface area contributed by atoms with Crippen LogP contribution in [0.3, 0.4) is 0 Å². The molecule has 0 aromatic carbocycles. The second-order valence-electron chi connectivity index (χ2n) is 61.3. The molecule has 0 bridgehead atoms. The summed E-state index contributed by atoms with van der Waals surface area (Å²) in [5, 5.41) is 0. The van der Waals surface area contributed by atoms with E-state index in [1.54, 1.807) is 0 Å². The largest absolute Gasteiger partial charge is 0.286 e. The van der Waals surface area contributed by atoms with E-state index in [1.165, 1.54) is 162 Å². The molecule has 0 saturated carbocycles. The Hall–Kier alpha value is -0.960. The summed E-state index contributed by atoms with van der Waals surface area (Å²) in [6, 6.07) is 4.76. The van der Waals surface area contributed by atoms with Crippen molar-refractivity contribution in [3.63, 3.8) is 0 Å². The molecule has 0 amide bonds. The Bertz CT molecular complexity index is 3340. The molecule has 0 radical (unpaired) electrons. The van der Waals surface area contributed by atoms with Gasteiger partial charge in [-0.1, -0.05) is 0 Å². The third-order valence-electron chi connectivity index (χ3n) is 34.4. The minimum Gasteiger partial charge on any atom is -0.286 e. The van der Waals surface area contributed by atoms with Gasteiger partial charge in [0.1, 0.15) is 0 Å². The lowest BCUT2D eigenvalue weighted by atomic mass is 9.97. The van der Waals surface area contributed by atoms with Gasteiger partial charge in [-0.15, -0.1) is 0 Å². The molecule has 6 unspecified atom stereocenters. The van der Waals surface area contributed by atoms with Crippen LogP contribution in [-0.4, -0.2) is 453 Å². The molecule has 16 rings (SSSR count). The van der Waals surface area contributed by atoms with Gasteiger partial charge in [-0.3, -0.25) is 118 Å². The molecule has 0 aliphatic carbocycles. The lowest BCUT2D eigenvalue weighted by Gasteiger charge is -2.61. The van der Waals surface area contributed by atoms with E-state index in [9.17, 15) is 0 Å². The predicted octanol–water partition coefficient (Wildman–Crippen LogP) is 18.6. The van der Waals surface area contributed by atoms with Gasteiger partial charge in [-0.25, -0.2) is 0 Å². The van der Waals surface area contributed by atoms with E-state index in [0.717, 1.165) is 143 Å². The van der Waals surface area contributed by atoms with E-state index in [4.69, 9.17) is 0 Å². The van der Waals surface area contributed by atoms with Crippen LogP contribution in [-0.2, 0) is 0 Å². The molecule has 16 fully saturated rings. The quantitative estimate of drug-likeness (QED) is 0.231. The normalized spacial score (nSPS) is 28.8. The van der Waals surface area contributed by atoms with E-state index in [-0.39, 0.29) is 0 Å². The molecular formula is C113H234N24. The van der Waals surface area contributed by atoms with Crippen LogP contribution < -0.4 is 0 Å². The lowest BCUT2D eigenvalue weighted by Crippen LogP contribution is -2.74. The van der Waals surface area contributed by atoms with Crippen LogP contribution in [0.4, 0.5) is 0 Å². The summed E-state index contributed by atoms with van der Waals surface area (Å²) >= 11 is 0. The highest BCUT2D eigenvalue weighted by Crippen LogP contribution is 2.41. The zero-order valence-electron chi connectivity index (χ0n) is 100. The maximum Gasteiger partial charge on any atom is 0.0790 e. The van der Waals surface area contributed by atoms with Gasteiger partial charge in [0.15, 0.2) is 0 Å². The molecule has 137 heavy (non-hydrogen) atoms. The van der Waals surface area contributed by atoms with Crippen molar-refractivity contribution < 1.29 is 0 Å². The van der Waals surface area contributed by atoms with Gasteiger partial charge < -0.3 is 0 Å². The highest BCUT2D eigenvalue weighted by Gasteiger charge is 2.53. The molecule has 806 valence electrons. The van der Waals surface area contributed by atoms with Crippen LogP contribution >= 0.6 is 0 Å². The molecule has 16 saturated heterocycles. The van der Waals surface area contributed by atoms with Gasteiger partial charge in [-0.05, 0) is 416 Å². The Balaban J connectivity index is 0.000000176. The number of nitrogens with zero attached hydrogens (tertiary/aromatic N) is 24. The summed E-state index contributed by atoms with van der Waals surface area (Å²) < 4.78 is 0. The molecule has 24 heteroatoms. The predicted molar refractivity (Wildman–Crippen MR) is 587 cm³/mol.